The highest BCUT2D eigenvalue weighted by Crippen LogP contribution is 2.34. The van der Waals surface area contributed by atoms with E-state index < -0.39 is 0 Å². The molecule has 34 heavy (non-hydrogen) atoms. The molecule has 1 aliphatic heterocycles. The Morgan fingerprint density at radius 3 is 2.88 bits per heavy atom. The van der Waals surface area contributed by atoms with Crippen molar-refractivity contribution in [1.29, 1.82) is 0 Å². The fourth-order valence-electron chi connectivity index (χ4n) is 3.68. The Balaban J connectivity index is 1.50. The first-order chi connectivity index (χ1) is 16.4. The Morgan fingerprint density at radius 2 is 2.09 bits per heavy atom. The molecule has 2 aromatic carbocycles. The first kappa shape index (κ1) is 22.8. The van der Waals surface area contributed by atoms with E-state index in [2.05, 4.69) is 50.1 Å². The van der Waals surface area contributed by atoms with Crippen LogP contribution in [0.3, 0.4) is 0 Å². The van der Waals surface area contributed by atoms with E-state index in [1.807, 2.05) is 31.4 Å². The molecule has 3 N–H and O–H groups in total. The van der Waals surface area contributed by atoms with Gasteiger partial charge in [0.25, 0.3) is 0 Å². The summed E-state index contributed by atoms with van der Waals surface area (Å²) in [4.78, 5) is 22.2. The molecule has 0 spiro atoms. The lowest BCUT2D eigenvalue weighted by molar-refractivity contribution is -0.111. The monoisotopic (exact) mass is 457 g/mol. The molecule has 0 saturated heterocycles. The van der Waals surface area contributed by atoms with Gasteiger partial charge in [0.1, 0.15) is 17.9 Å². The number of hydrogen-bond donors (Lipinski definition) is 2. The largest absolute Gasteiger partial charge is 0.438 e. The van der Waals surface area contributed by atoms with Gasteiger partial charge in [0.15, 0.2) is 0 Å². The molecule has 0 fully saturated rings. The third-order valence-corrected chi connectivity index (χ3v) is 5.36. The molecule has 3 aromatic rings. The Hall–Kier alpha value is -4.40. The topological polar surface area (TPSA) is 109 Å². The highest BCUT2D eigenvalue weighted by atomic mass is 16.5. The lowest BCUT2D eigenvalue weighted by Gasteiger charge is -2.19. The van der Waals surface area contributed by atoms with Gasteiger partial charge in [-0.1, -0.05) is 24.8 Å². The molecule has 0 radical (unpaired) electrons. The number of anilines is 3. The van der Waals surface area contributed by atoms with Gasteiger partial charge in [-0.25, -0.2) is 9.97 Å². The summed E-state index contributed by atoms with van der Waals surface area (Å²) in [6.07, 6.45) is 4.42. The van der Waals surface area contributed by atoms with Crippen LogP contribution in [0.25, 0.3) is 0 Å². The van der Waals surface area contributed by atoms with Crippen molar-refractivity contribution in [3.8, 4) is 11.6 Å². The minimum Gasteiger partial charge on any atom is -0.438 e. The van der Waals surface area contributed by atoms with Crippen LogP contribution in [-0.4, -0.2) is 47.7 Å². The molecule has 1 aliphatic rings. The van der Waals surface area contributed by atoms with Gasteiger partial charge >= 0.3 is 0 Å². The molecule has 0 saturated carbocycles. The zero-order chi connectivity index (χ0) is 24.1. The molecule has 1 amide bonds. The highest BCUT2D eigenvalue weighted by Gasteiger charge is 2.27. The normalized spacial score (nSPS) is 14.6. The molecule has 1 unspecified atom stereocenters. The number of hydrogen-bond acceptors (Lipinski definition) is 8. The number of rotatable bonds is 8. The fraction of sp³-hybridized carbons (Fsp3) is 0.200. The van der Waals surface area contributed by atoms with Gasteiger partial charge in [0, 0.05) is 50.2 Å². The van der Waals surface area contributed by atoms with E-state index in [9.17, 15) is 4.79 Å². The maximum Gasteiger partial charge on any atom is 0.247 e. The third-order valence-electron chi connectivity index (χ3n) is 5.36. The Labute approximate surface area is 198 Å². The van der Waals surface area contributed by atoms with Crippen LogP contribution < -0.4 is 20.7 Å². The number of nitrogens with one attached hydrogen (secondary N) is 1. The van der Waals surface area contributed by atoms with E-state index in [-0.39, 0.29) is 11.8 Å². The highest BCUT2D eigenvalue weighted by molar-refractivity contribution is 5.98. The van der Waals surface area contributed by atoms with Crippen molar-refractivity contribution in [3.05, 3.63) is 78.6 Å². The van der Waals surface area contributed by atoms with E-state index in [1.165, 1.54) is 12.4 Å². The van der Waals surface area contributed by atoms with Gasteiger partial charge in [-0.3, -0.25) is 9.80 Å². The molecule has 0 aliphatic carbocycles. The van der Waals surface area contributed by atoms with E-state index in [4.69, 9.17) is 10.5 Å². The Kier molecular flexibility index (Phi) is 6.72. The summed E-state index contributed by atoms with van der Waals surface area (Å²) in [6.45, 7) is 4.75. The van der Waals surface area contributed by atoms with E-state index in [1.54, 1.807) is 24.3 Å². The van der Waals surface area contributed by atoms with Crippen molar-refractivity contribution < 1.29 is 9.53 Å². The number of carbonyl (C=O) groups is 1. The maximum atomic E-state index is 11.6. The summed E-state index contributed by atoms with van der Waals surface area (Å²) in [5.41, 5.74) is 9.80. The van der Waals surface area contributed by atoms with Gasteiger partial charge in [-0.2, -0.15) is 5.10 Å². The average molecular weight is 458 g/mol. The smallest absolute Gasteiger partial charge is 0.247 e. The van der Waals surface area contributed by atoms with E-state index in [0.717, 1.165) is 11.3 Å². The number of hydrazone groups is 1. The molecule has 174 valence electrons. The standard InChI is InChI=1S/C25H27N7O2/c1-4-22(33)30-19-8-6-10-21(12-19)34-25-23(24(26)27-16-28-25)18-13-29-32(15-18)14-17-7-5-9-20(11-17)31(2)3/h4-13,16,18H,1,14-15H2,2-3H3,(H,30,33)(H2,26,27,28). The lowest BCUT2D eigenvalue weighted by atomic mass is 10.0. The number of amides is 1. The summed E-state index contributed by atoms with van der Waals surface area (Å²) in [6, 6.07) is 15.4. The molecule has 1 aromatic heterocycles. The second kappa shape index (κ2) is 10.0. The molecule has 0 bridgehead atoms. The maximum absolute atomic E-state index is 11.6. The number of carbonyl (C=O) groups excluding carboxylic acids is 1. The summed E-state index contributed by atoms with van der Waals surface area (Å²) >= 11 is 0. The minimum atomic E-state index is -0.303. The van der Waals surface area contributed by atoms with Crippen molar-refractivity contribution in [2.24, 2.45) is 5.10 Å². The van der Waals surface area contributed by atoms with Crippen molar-refractivity contribution in [2.45, 2.75) is 12.5 Å². The second-order valence-corrected chi connectivity index (χ2v) is 8.08. The van der Waals surface area contributed by atoms with Crippen LogP contribution in [0.4, 0.5) is 17.2 Å². The molecule has 9 nitrogen and oxygen atoms in total. The zero-order valence-electron chi connectivity index (χ0n) is 19.2. The Bertz CT molecular complexity index is 1230. The minimum absolute atomic E-state index is 0.128. The van der Waals surface area contributed by atoms with Crippen LogP contribution in [0.2, 0.25) is 0 Å². The van der Waals surface area contributed by atoms with Crippen LogP contribution in [-0.2, 0) is 11.3 Å². The molecule has 2 heterocycles. The van der Waals surface area contributed by atoms with Crippen LogP contribution in [0.15, 0.2) is 72.6 Å². The molecular formula is C25H27N7O2. The summed E-state index contributed by atoms with van der Waals surface area (Å²) < 4.78 is 6.06. The van der Waals surface area contributed by atoms with Gasteiger partial charge in [-0.15, -0.1) is 0 Å². The third kappa shape index (κ3) is 5.32. The van der Waals surface area contributed by atoms with Crippen molar-refractivity contribution in [2.75, 3.05) is 36.6 Å². The lowest BCUT2D eigenvalue weighted by Crippen LogP contribution is -2.19. The van der Waals surface area contributed by atoms with Gasteiger partial charge in [-0.05, 0) is 35.9 Å². The van der Waals surface area contributed by atoms with Gasteiger partial charge < -0.3 is 20.7 Å². The second-order valence-electron chi connectivity index (χ2n) is 8.08. The number of benzene rings is 2. The van der Waals surface area contributed by atoms with Gasteiger partial charge in [0.05, 0.1) is 12.1 Å². The molecule has 1 atom stereocenters. The number of nitrogens with zero attached hydrogens (tertiary/aromatic N) is 5. The van der Waals surface area contributed by atoms with Crippen molar-refractivity contribution in [1.82, 2.24) is 15.0 Å². The van der Waals surface area contributed by atoms with Crippen LogP contribution in [0, 0.1) is 0 Å². The first-order valence-corrected chi connectivity index (χ1v) is 10.8. The average Bonchev–Trinajstić information content (AvgIpc) is 3.27. The predicted octanol–water partition coefficient (Wildman–Crippen LogP) is 3.63. The molecule has 4 rings (SSSR count). The van der Waals surface area contributed by atoms with Crippen LogP contribution in [0.1, 0.15) is 17.0 Å². The summed E-state index contributed by atoms with van der Waals surface area (Å²) in [5, 5.41) is 9.28. The van der Waals surface area contributed by atoms with E-state index >= 15 is 0 Å². The van der Waals surface area contributed by atoms with Gasteiger partial charge in [0.2, 0.25) is 11.8 Å². The Morgan fingerprint density at radius 1 is 1.26 bits per heavy atom. The molecule has 9 heteroatoms. The number of aromatic nitrogens is 2. The zero-order valence-corrected chi connectivity index (χ0v) is 19.2. The van der Waals surface area contributed by atoms with E-state index in [0.29, 0.717) is 41.8 Å². The fourth-order valence-corrected chi connectivity index (χ4v) is 3.68. The summed E-state index contributed by atoms with van der Waals surface area (Å²) in [5.74, 6) is 0.773. The number of nitrogens with two attached hydrogens (primary N) is 1. The molecular weight excluding hydrogens is 430 g/mol. The SMILES string of the molecule is C=CC(=O)Nc1cccc(Oc2ncnc(N)c2C2C=NN(Cc3cccc(N(C)C)c3)C2)c1. The quantitative estimate of drug-likeness (QED) is 0.497. The summed E-state index contributed by atoms with van der Waals surface area (Å²) in [7, 11) is 4.04. The van der Waals surface area contributed by atoms with Crippen molar-refractivity contribution in [3.63, 3.8) is 0 Å². The van der Waals surface area contributed by atoms with Crippen LogP contribution >= 0.6 is 0 Å². The van der Waals surface area contributed by atoms with Crippen molar-refractivity contribution >= 4 is 29.3 Å². The first-order valence-electron chi connectivity index (χ1n) is 10.8. The van der Waals surface area contributed by atoms with Crippen LogP contribution in [0.5, 0.6) is 11.6 Å². The predicted molar refractivity (Wildman–Crippen MR) is 134 cm³/mol. The number of nitrogen functional groups attached to an aromatic ring is 1. The number of ether oxygens (including phenoxy) is 1.